The third-order valence-electron chi connectivity index (χ3n) is 5.52. The third kappa shape index (κ3) is 3.48. The molecule has 27 heavy (non-hydrogen) atoms. The van der Waals surface area contributed by atoms with Gasteiger partial charge in [-0.25, -0.2) is 4.98 Å². The van der Waals surface area contributed by atoms with Crippen LogP contribution >= 0.6 is 0 Å². The summed E-state index contributed by atoms with van der Waals surface area (Å²) in [6.45, 7) is 5.43. The molecule has 0 amide bonds. The van der Waals surface area contributed by atoms with E-state index in [4.69, 9.17) is 4.98 Å². The van der Waals surface area contributed by atoms with Crippen LogP contribution in [-0.2, 0) is 13.1 Å². The number of imidazole rings is 1. The molecule has 1 aromatic carbocycles. The Kier molecular flexibility index (Phi) is 4.97. The lowest BCUT2D eigenvalue weighted by Crippen LogP contribution is -2.25. The van der Waals surface area contributed by atoms with Crippen LogP contribution in [0.15, 0.2) is 29.1 Å². The van der Waals surface area contributed by atoms with Crippen molar-refractivity contribution in [2.45, 2.75) is 65.0 Å². The summed E-state index contributed by atoms with van der Waals surface area (Å²) in [5.74, 6) is 1.95. The molecule has 6 heteroatoms. The molecule has 2 aromatic heterocycles. The number of hydrogen-bond donors (Lipinski definition) is 2. The molecule has 0 unspecified atom stereocenters. The van der Waals surface area contributed by atoms with Gasteiger partial charge in [-0.1, -0.05) is 44.0 Å². The number of anilines is 1. The maximum absolute atomic E-state index is 13.1. The Labute approximate surface area is 159 Å². The summed E-state index contributed by atoms with van der Waals surface area (Å²) >= 11 is 0. The summed E-state index contributed by atoms with van der Waals surface area (Å²) in [5, 5.41) is 3.36. The molecule has 0 spiro atoms. The number of hydrogen-bond acceptors (Lipinski definition) is 4. The quantitative estimate of drug-likeness (QED) is 0.689. The fourth-order valence-corrected chi connectivity index (χ4v) is 3.95. The molecule has 2 N–H and O–H groups in total. The van der Waals surface area contributed by atoms with Crippen molar-refractivity contribution in [1.82, 2.24) is 19.5 Å². The zero-order chi connectivity index (χ0) is 18.8. The Morgan fingerprint density at radius 1 is 1.22 bits per heavy atom. The average molecular weight is 365 g/mol. The Hall–Kier alpha value is -2.63. The predicted octanol–water partition coefficient (Wildman–Crippen LogP) is 4.11. The van der Waals surface area contributed by atoms with Gasteiger partial charge in [0.05, 0.1) is 0 Å². The van der Waals surface area contributed by atoms with Crippen molar-refractivity contribution in [3.8, 4) is 0 Å². The first-order chi connectivity index (χ1) is 13.2. The molecule has 4 rings (SSSR count). The Bertz CT molecular complexity index is 997. The second-order valence-corrected chi connectivity index (χ2v) is 7.47. The highest BCUT2D eigenvalue weighted by Crippen LogP contribution is 2.32. The lowest BCUT2D eigenvalue weighted by molar-refractivity contribution is 0.651. The van der Waals surface area contributed by atoms with Crippen LogP contribution in [0.3, 0.4) is 0 Å². The predicted molar refractivity (Wildman–Crippen MR) is 108 cm³/mol. The second-order valence-electron chi connectivity index (χ2n) is 7.47. The molecule has 0 atom stereocenters. The van der Waals surface area contributed by atoms with Gasteiger partial charge < -0.3 is 10.3 Å². The largest absolute Gasteiger partial charge is 0.351 e. The summed E-state index contributed by atoms with van der Waals surface area (Å²) < 4.78 is 1.73. The highest BCUT2D eigenvalue weighted by atomic mass is 16.1. The zero-order valence-electron chi connectivity index (χ0n) is 16.1. The van der Waals surface area contributed by atoms with Crippen LogP contribution in [0.5, 0.6) is 0 Å². The van der Waals surface area contributed by atoms with Crippen LogP contribution in [0, 0.1) is 6.92 Å². The van der Waals surface area contributed by atoms with E-state index in [1.807, 2.05) is 12.1 Å². The number of aromatic nitrogens is 4. The minimum absolute atomic E-state index is 0.0362. The highest BCUT2D eigenvalue weighted by Gasteiger charge is 2.22. The number of fused-ring (bicyclic) bond motifs is 1. The molecule has 1 fully saturated rings. The van der Waals surface area contributed by atoms with Crippen molar-refractivity contribution >= 4 is 17.1 Å². The van der Waals surface area contributed by atoms with E-state index < -0.39 is 0 Å². The second kappa shape index (κ2) is 7.55. The van der Waals surface area contributed by atoms with E-state index in [9.17, 15) is 4.79 Å². The van der Waals surface area contributed by atoms with E-state index in [0.29, 0.717) is 36.1 Å². The van der Waals surface area contributed by atoms with Crippen molar-refractivity contribution in [2.75, 3.05) is 5.32 Å². The first kappa shape index (κ1) is 17.8. The molecule has 3 aromatic rings. The minimum atomic E-state index is -0.0362. The summed E-state index contributed by atoms with van der Waals surface area (Å²) in [7, 11) is 0. The van der Waals surface area contributed by atoms with Crippen LogP contribution < -0.4 is 10.9 Å². The van der Waals surface area contributed by atoms with Crippen molar-refractivity contribution in [3.63, 3.8) is 0 Å². The van der Waals surface area contributed by atoms with Crippen LogP contribution in [0.25, 0.3) is 11.2 Å². The van der Waals surface area contributed by atoms with E-state index in [0.717, 1.165) is 25.1 Å². The molecular formula is C21H27N5O. The SMILES string of the molecule is CCCn1c(NCc2ccccc2C)nc2nc(C3CCCC3)[nH]c2c1=O. The number of nitrogens with zero attached hydrogens (tertiary/aromatic N) is 3. The van der Waals surface area contributed by atoms with E-state index in [1.54, 1.807) is 4.57 Å². The summed E-state index contributed by atoms with van der Waals surface area (Å²) in [4.78, 5) is 25.7. The fourth-order valence-electron chi connectivity index (χ4n) is 3.95. The molecule has 0 bridgehead atoms. The maximum Gasteiger partial charge on any atom is 0.280 e. The molecule has 1 aliphatic rings. The summed E-state index contributed by atoms with van der Waals surface area (Å²) in [6, 6.07) is 8.25. The average Bonchev–Trinajstić information content (AvgIpc) is 3.33. The first-order valence-electron chi connectivity index (χ1n) is 9.96. The zero-order valence-corrected chi connectivity index (χ0v) is 16.1. The van der Waals surface area contributed by atoms with Gasteiger partial charge in [0.1, 0.15) is 5.82 Å². The van der Waals surface area contributed by atoms with E-state index >= 15 is 0 Å². The first-order valence-corrected chi connectivity index (χ1v) is 9.96. The van der Waals surface area contributed by atoms with Gasteiger partial charge in [-0.2, -0.15) is 4.98 Å². The molecule has 0 radical (unpaired) electrons. The van der Waals surface area contributed by atoms with Gasteiger partial charge >= 0.3 is 0 Å². The Morgan fingerprint density at radius 2 is 2.00 bits per heavy atom. The number of aryl methyl sites for hydroxylation is 1. The molecule has 0 saturated heterocycles. The lowest BCUT2D eigenvalue weighted by atomic mass is 10.1. The van der Waals surface area contributed by atoms with Gasteiger partial charge in [-0.15, -0.1) is 0 Å². The van der Waals surface area contributed by atoms with E-state index in [1.165, 1.54) is 24.0 Å². The molecular weight excluding hydrogens is 338 g/mol. The number of H-pyrrole nitrogens is 1. The van der Waals surface area contributed by atoms with Gasteiger partial charge in [0, 0.05) is 19.0 Å². The van der Waals surface area contributed by atoms with Crippen LogP contribution in [0.1, 0.15) is 61.9 Å². The van der Waals surface area contributed by atoms with Gasteiger partial charge in [0.25, 0.3) is 5.56 Å². The number of benzene rings is 1. The van der Waals surface area contributed by atoms with Crippen molar-refractivity contribution in [1.29, 1.82) is 0 Å². The highest BCUT2D eigenvalue weighted by molar-refractivity contribution is 5.71. The molecule has 1 aliphatic carbocycles. The number of aromatic amines is 1. The van der Waals surface area contributed by atoms with Crippen molar-refractivity contribution in [3.05, 3.63) is 51.6 Å². The standard InChI is InChI=1S/C21H27N5O/c1-3-12-26-20(27)17-19(24-18(23-17)15-9-6-7-10-15)25-21(26)22-13-16-11-5-4-8-14(16)2/h4-5,8,11,15H,3,6-7,9-10,12-13H2,1-2H3,(H,22,25)(H,23,24). The molecule has 142 valence electrons. The minimum Gasteiger partial charge on any atom is -0.351 e. The monoisotopic (exact) mass is 365 g/mol. The molecule has 0 aliphatic heterocycles. The van der Waals surface area contributed by atoms with Crippen LogP contribution in [-0.4, -0.2) is 19.5 Å². The van der Waals surface area contributed by atoms with Crippen LogP contribution in [0.2, 0.25) is 0 Å². The Morgan fingerprint density at radius 3 is 2.74 bits per heavy atom. The van der Waals surface area contributed by atoms with E-state index in [-0.39, 0.29) is 5.56 Å². The van der Waals surface area contributed by atoms with Crippen molar-refractivity contribution < 1.29 is 0 Å². The third-order valence-corrected chi connectivity index (χ3v) is 5.52. The maximum atomic E-state index is 13.1. The Balaban J connectivity index is 1.70. The van der Waals surface area contributed by atoms with Crippen molar-refractivity contribution in [2.24, 2.45) is 0 Å². The fraction of sp³-hybridized carbons (Fsp3) is 0.476. The normalized spacial score (nSPS) is 14.9. The molecule has 2 heterocycles. The van der Waals surface area contributed by atoms with Gasteiger partial charge in [-0.3, -0.25) is 9.36 Å². The van der Waals surface area contributed by atoms with Gasteiger partial charge in [0.2, 0.25) is 5.95 Å². The lowest BCUT2D eigenvalue weighted by Gasteiger charge is -2.13. The summed E-state index contributed by atoms with van der Waals surface area (Å²) in [5.41, 5.74) is 3.45. The molecule has 1 saturated carbocycles. The van der Waals surface area contributed by atoms with E-state index in [2.05, 4.69) is 41.3 Å². The van der Waals surface area contributed by atoms with Gasteiger partial charge in [-0.05, 0) is 37.3 Å². The number of rotatable bonds is 6. The number of nitrogens with one attached hydrogen (secondary N) is 2. The molecule has 6 nitrogen and oxygen atoms in total. The summed E-state index contributed by atoms with van der Waals surface area (Å²) in [6.07, 6.45) is 5.62. The topological polar surface area (TPSA) is 75.6 Å². The van der Waals surface area contributed by atoms with Gasteiger partial charge in [0.15, 0.2) is 11.2 Å². The smallest absolute Gasteiger partial charge is 0.280 e. The van der Waals surface area contributed by atoms with Crippen LogP contribution in [0.4, 0.5) is 5.95 Å².